The van der Waals surface area contributed by atoms with E-state index in [1.165, 1.54) is 18.4 Å². The molecule has 0 bridgehead atoms. The molecule has 1 fully saturated rings. The van der Waals surface area contributed by atoms with Crippen molar-refractivity contribution in [2.24, 2.45) is 4.99 Å². The number of sulfone groups is 1. The van der Waals surface area contributed by atoms with Gasteiger partial charge >= 0.3 is 0 Å². The molecule has 1 heterocycles. The quantitative estimate of drug-likeness (QED) is 0.320. The smallest absolute Gasteiger partial charge is 0.242 e. The van der Waals surface area contributed by atoms with Gasteiger partial charge in [-0.1, -0.05) is 12.1 Å². The molecule has 11 heteroatoms. The molecule has 0 radical (unpaired) electrons. The van der Waals surface area contributed by atoms with Crippen LogP contribution in [0.2, 0.25) is 0 Å². The second-order valence-corrected chi connectivity index (χ2v) is 10.8. The van der Waals surface area contributed by atoms with E-state index in [1.807, 2.05) is 6.92 Å². The van der Waals surface area contributed by atoms with Crippen molar-refractivity contribution in [2.45, 2.75) is 30.8 Å². The first-order valence-electron chi connectivity index (χ1n) is 8.41. The Morgan fingerprint density at radius 1 is 1.26 bits per heavy atom. The van der Waals surface area contributed by atoms with E-state index >= 15 is 0 Å². The first-order chi connectivity index (χ1) is 12.1. The van der Waals surface area contributed by atoms with Crippen molar-refractivity contribution in [3.05, 3.63) is 29.8 Å². The lowest BCUT2D eigenvalue weighted by atomic mass is 10.2. The van der Waals surface area contributed by atoms with Crippen LogP contribution < -0.4 is 10.6 Å². The number of halogens is 1. The van der Waals surface area contributed by atoms with Gasteiger partial charge < -0.3 is 10.6 Å². The molecular weight excluding hydrogens is 503 g/mol. The molecule has 154 valence electrons. The molecule has 1 aliphatic heterocycles. The Morgan fingerprint density at radius 2 is 1.89 bits per heavy atom. The monoisotopic (exact) mass is 530 g/mol. The van der Waals surface area contributed by atoms with E-state index < -0.39 is 19.9 Å². The summed E-state index contributed by atoms with van der Waals surface area (Å²) in [5.74, 6) is 0.875. The lowest BCUT2D eigenvalue weighted by Gasteiger charge is -2.16. The van der Waals surface area contributed by atoms with Crippen molar-refractivity contribution in [2.75, 3.05) is 32.1 Å². The molecule has 0 aromatic heterocycles. The fourth-order valence-electron chi connectivity index (χ4n) is 2.57. The summed E-state index contributed by atoms with van der Waals surface area (Å²) < 4.78 is 48.4. The minimum absolute atomic E-state index is 0. The van der Waals surface area contributed by atoms with Crippen LogP contribution in [0.25, 0.3) is 0 Å². The van der Waals surface area contributed by atoms with E-state index in [0.29, 0.717) is 25.5 Å². The Hall–Kier alpha value is -0.920. The summed E-state index contributed by atoms with van der Waals surface area (Å²) in [6.07, 6.45) is 0.573. The maximum atomic E-state index is 12.1. The third-order valence-electron chi connectivity index (χ3n) is 4.04. The van der Waals surface area contributed by atoms with Crippen molar-refractivity contribution >= 4 is 49.8 Å². The van der Waals surface area contributed by atoms with Gasteiger partial charge in [-0.15, -0.1) is 24.0 Å². The van der Waals surface area contributed by atoms with Gasteiger partial charge in [0.25, 0.3) is 0 Å². The lowest BCUT2D eigenvalue weighted by molar-refractivity contribution is 0.520. The summed E-state index contributed by atoms with van der Waals surface area (Å²) >= 11 is 0. The highest BCUT2D eigenvalue weighted by atomic mass is 127. The minimum atomic E-state index is -3.44. The van der Waals surface area contributed by atoms with E-state index in [4.69, 9.17) is 0 Å². The van der Waals surface area contributed by atoms with Gasteiger partial charge in [0, 0.05) is 26.7 Å². The summed E-state index contributed by atoms with van der Waals surface area (Å²) in [6, 6.07) is 6.44. The standard InChI is InChI=1S/C16H26N4O4S2.HI/c1-4-17-16(19-14-9-10-25(21,22)12-14)18-11-13-5-7-15(8-6-13)26(23,24)20(2)3;/h5-8,14H,4,9-12H2,1-3H3,(H2,17,18,19);1H. The summed E-state index contributed by atoms with van der Waals surface area (Å²) in [6.45, 7) is 2.95. The fourth-order valence-corrected chi connectivity index (χ4v) is 5.15. The Kier molecular flexibility index (Phi) is 8.96. The van der Waals surface area contributed by atoms with Gasteiger partial charge in [0.1, 0.15) is 0 Å². The van der Waals surface area contributed by atoms with Crippen LogP contribution in [0.15, 0.2) is 34.2 Å². The maximum absolute atomic E-state index is 12.1. The van der Waals surface area contributed by atoms with E-state index in [1.54, 1.807) is 24.3 Å². The molecule has 1 aromatic rings. The number of sulfonamides is 1. The molecular formula is C16H27IN4O4S2. The number of benzene rings is 1. The van der Waals surface area contributed by atoms with Crippen LogP contribution in [0.1, 0.15) is 18.9 Å². The van der Waals surface area contributed by atoms with Crippen LogP contribution in [-0.4, -0.2) is 65.3 Å². The summed E-state index contributed by atoms with van der Waals surface area (Å²) in [7, 11) is -3.42. The maximum Gasteiger partial charge on any atom is 0.242 e. The molecule has 1 saturated heterocycles. The number of rotatable bonds is 6. The third kappa shape index (κ3) is 6.88. The Morgan fingerprint density at radius 3 is 2.37 bits per heavy atom. The molecule has 0 aliphatic carbocycles. The van der Waals surface area contributed by atoms with E-state index in [0.717, 1.165) is 5.56 Å². The van der Waals surface area contributed by atoms with Gasteiger partial charge in [-0.05, 0) is 31.0 Å². The lowest BCUT2D eigenvalue weighted by Crippen LogP contribution is -2.44. The molecule has 1 aliphatic rings. The van der Waals surface area contributed by atoms with Gasteiger partial charge in [-0.2, -0.15) is 0 Å². The van der Waals surface area contributed by atoms with Crippen molar-refractivity contribution in [3.8, 4) is 0 Å². The van der Waals surface area contributed by atoms with Crippen molar-refractivity contribution in [3.63, 3.8) is 0 Å². The number of hydrogen-bond donors (Lipinski definition) is 2. The van der Waals surface area contributed by atoms with Crippen LogP contribution in [0, 0.1) is 0 Å². The van der Waals surface area contributed by atoms with Crippen LogP contribution in [0.3, 0.4) is 0 Å². The number of nitrogens with zero attached hydrogens (tertiary/aromatic N) is 2. The average molecular weight is 530 g/mol. The zero-order valence-corrected chi connectivity index (χ0v) is 19.6. The Bertz CT molecular complexity index is 853. The Balaban J connectivity index is 0.00000364. The van der Waals surface area contributed by atoms with E-state index in [-0.39, 0.29) is 46.4 Å². The molecule has 2 N–H and O–H groups in total. The first-order valence-corrected chi connectivity index (χ1v) is 11.7. The topological polar surface area (TPSA) is 108 Å². The van der Waals surface area contributed by atoms with Crippen LogP contribution in [-0.2, 0) is 26.4 Å². The summed E-state index contributed by atoms with van der Waals surface area (Å²) in [4.78, 5) is 4.69. The second kappa shape index (κ2) is 10.0. The fraction of sp³-hybridized carbons (Fsp3) is 0.562. The number of nitrogens with one attached hydrogen (secondary N) is 2. The Labute approximate surface area is 178 Å². The van der Waals surface area contributed by atoms with Gasteiger partial charge in [-0.25, -0.2) is 26.1 Å². The SMILES string of the molecule is CCNC(=NCc1ccc(S(=O)(=O)N(C)C)cc1)NC1CCS(=O)(=O)C1.I. The van der Waals surface area contributed by atoms with Crippen molar-refractivity contribution in [1.82, 2.24) is 14.9 Å². The normalized spacial score (nSPS) is 19.6. The van der Waals surface area contributed by atoms with E-state index in [2.05, 4.69) is 15.6 Å². The highest BCUT2D eigenvalue weighted by Gasteiger charge is 2.28. The van der Waals surface area contributed by atoms with Crippen LogP contribution in [0.4, 0.5) is 0 Å². The zero-order chi connectivity index (χ0) is 19.4. The summed E-state index contributed by atoms with van der Waals surface area (Å²) in [5, 5.41) is 6.25. The van der Waals surface area contributed by atoms with Crippen molar-refractivity contribution < 1.29 is 16.8 Å². The van der Waals surface area contributed by atoms with Gasteiger partial charge in [0.05, 0.1) is 22.9 Å². The third-order valence-corrected chi connectivity index (χ3v) is 7.64. The first kappa shape index (κ1) is 24.1. The van der Waals surface area contributed by atoms with Crippen LogP contribution >= 0.6 is 24.0 Å². The van der Waals surface area contributed by atoms with Crippen LogP contribution in [0.5, 0.6) is 0 Å². The van der Waals surface area contributed by atoms with Gasteiger partial charge in [-0.3, -0.25) is 0 Å². The highest BCUT2D eigenvalue weighted by molar-refractivity contribution is 14.0. The molecule has 2 rings (SSSR count). The molecule has 0 amide bonds. The summed E-state index contributed by atoms with van der Waals surface area (Å²) in [5.41, 5.74) is 0.860. The zero-order valence-electron chi connectivity index (χ0n) is 15.7. The van der Waals surface area contributed by atoms with Gasteiger partial charge in [0.2, 0.25) is 10.0 Å². The number of aliphatic imine (C=N–C) groups is 1. The van der Waals surface area contributed by atoms with Gasteiger partial charge in [0.15, 0.2) is 15.8 Å². The average Bonchev–Trinajstić information content (AvgIpc) is 2.91. The molecule has 1 atom stereocenters. The molecule has 8 nitrogen and oxygen atoms in total. The van der Waals surface area contributed by atoms with E-state index in [9.17, 15) is 16.8 Å². The predicted molar refractivity (Wildman–Crippen MR) is 118 cm³/mol. The largest absolute Gasteiger partial charge is 0.357 e. The predicted octanol–water partition coefficient (Wildman–Crippen LogP) is 0.797. The molecule has 0 saturated carbocycles. The van der Waals surface area contributed by atoms with Crippen molar-refractivity contribution in [1.29, 1.82) is 0 Å². The second-order valence-electron chi connectivity index (χ2n) is 6.37. The highest BCUT2D eigenvalue weighted by Crippen LogP contribution is 2.15. The minimum Gasteiger partial charge on any atom is -0.357 e. The molecule has 1 aromatic carbocycles. The molecule has 27 heavy (non-hydrogen) atoms. The number of guanidine groups is 1. The molecule has 1 unspecified atom stereocenters. The number of hydrogen-bond acceptors (Lipinski definition) is 5. The molecule has 0 spiro atoms.